The number of aliphatic hydroxyl groups is 1. The van der Waals surface area contributed by atoms with Crippen LogP contribution in [0.2, 0.25) is 5.02 Å². The van der Waals surface area contributed by atoms with Gasteiger partial charge in [0.15, 0.2) is 11.6 Å². The topological polar surface area (TPSA) is 122 Å². The highest BCUT2D eigenvalue weighted by atomic mass is 35.5. The summed E-state index contributed by atoms with van der Waals surface area (Å²) in [5.41, 5.74) is 1.80. The molecule has 50 heavy (non-hydrogen) atoms. The highest BCUT2D eigenvalue weighted by Crippen LogP contribution is 2.50. The van der Waals surface area contributed by atoms with E-state index in [1.807, 2.05) is 13.0 Å². The number of aryl methyl sites for hydroxylation is 1. The van der Waals surface area contributed by atoms with E-state index in [-0.39, 0.29) is 40.6 Å². The third-order valence-corrected chi connectivity index (χ3v) is 11.5. The molecule has 2 atom stereocenters. The molecule has 1 aliphatic heterocycles. The minimum absolute atomic E-state index is 0.00756. The van der Waals surface area contributed by atoms with Gasteiger partial charge in [0.1, 0.15) is 23.3 Å². The number of hydrogen-bond acceptors (Lipinski definition) is 10. The number of ether oxygens (including phenoxy) is 3. The molecule has 0 radical (unpaired) electrons. The van der Waals surface area contributed by atoms with Crippen LogP contribution in [0.5, 0.6) is 11.9 Å². The first kappa shape index (κ1) is 36.4. The van der Waals surface area contributed by atoms with Crippen molar-refractivity contribution in [1.82, 2.24) is 30.0 Å². The van der Waals surface area contributed by atoms with Crippen LogP contribution in [0.4, 0.5) is 14.6 Å². The van der Waals surface area contributed by atoms with E-state index < -0.39 is 5.82 Å². The molecule has 0 spiro atoms. The van der Waals surface area contributed by atoms with E-state index in [2.05, 4.69) is 27.0 Å². The van der Waals surface area contributed by atoms with Crippen molar-refractivity contribution in [2.75, 3.05) is 52.7 Å². The number of nitrogens with one attached hydrogen (secondary N) is 1. The van der Waals surface area contributed by atoms with Gasteiger partial charge >= 0.3 is 6.01 Å². The van der Waals surface area contributed by atoms with Crippen molar-refractivity contribution in [3.05, 3.63) is 28.7 Å². The van der Waals surface area contributed by atoms with Gasteiger partial charge in [-0.15, -0.1) is 0 Å². The first-order valence-electron chi connectivity index (χ1n) is 17.5. The van der Waals surface area contributed by atoms with E-state index in [0.717, 1.165) is 69.9 Å². The number of aromatic nitrogens is 5. The van der Waals surface area contributed by atoms with Crippen molar-refractivity contribution in [3.63, 3.8) is 0 Å². The Morgan fingerprint density at radius 1 is 1.16 bits per heavy atom. The molecule has 2 aliphatic carbocycles. The second kappa shape index (κ2) is 15.5. The van der Waals surface area contributed by atoms with Gasteiger partial charge in [-0.3, -0.25) is 14.4 Å². The van der Waals surface area contributed by atoms with Crippen molar-refractivity contribution in [2.45, 2.75) is 89.8 Å². The predicted molar refractivity (Wildman–Crippen MR) is 190 cm³/mol. The number of methoxy groups -OCH3 is 2. The molecule has 3 aromatic heterocycles. The van der Waals surface area contributed by atoms with Gasteiger partial charge in [-0.1, -0.05) is 31.4 Å². The van der Waals surface area contributed by atoms with Crippen LogP contribution in [0.1, 0.15) is 70.3 Å². The molecular weight excluding hydrogens is 668 g/mol. The summed E-state index contributed by atoms with van der Waals surface area (Å²) in [6, 6.07) is 2.89. The van der Waals surface area contributed by atoms with Gasteiger partial charge in [0.05, 0.1) is 43.7 Å². The SMILES string of the molecule is CCCCN(CO)c1nc(OCC23CCCC2N(C2CC(OC)C2)CCC3)nc2c(F)c(-c3c(Cl)c(C)cc4[nH]ncc34)nc(OC)c12.CF. The first-order chi connectivity index (χ1) is 24.3. The van der Waals surface area contributed by atoms with Crippen LogP contribution in [-0.4, -0.2) is 101 Å². The summed E-state index contributed by atoms with van der Waals surface area (Å²) in [4.78, 5) is 18.6. The second-order valence-corrected chi connectivity index (χ2v) is 14.1. The maximum Gasteiger partial charge on any atom is 0.319 e. The molecule has 11 nitrogen and oxygen atoms in total. The highest BCUT2D eigenvalue weighted by Gasteiger charge is 2.51. The number of nitrogens with zero attached hydrogens (tertiary/aromatic N) is 6. The summed E-state index contributed by atoms with van der Waals surface area (Å²) in [5, 5.41) is 18.9. The van der Waals surface area contributed by atoms with Crippen molar-refractivity contribution in [2.24, 2.45) is 5.41 Å². The summed E-state index contributed by atoms with van der Waals surface area (Å²) < 4.78 is 44.4. The summed E-state index contributed by atoms with van der Waals surface area (Å²) in [7, 11) is 3.77. The molecule has 3 fully saturated rings. The van der Waals surface area contributed by atoms with Crippen LogP contribution in [0.15, 0.2) is 12.3 Å². The lowest BCUT2D eigenvalue weighted by Crippen LogP contribution is -2.59. The number of unbranched alkanes of at least 4 members (excludes halogenated alkanes) is 1. The monoisotopic (exact) mass is 715 g/mol. The minimum Gasteiger partial charge on any atom is -0.480 e. The van der Waals surface area contributed by atoms with Gasteiger partial charge in [0.25, 0.3) is 0 Å². The van der Waals surface area contributed by atoms with Crippen molar-refractivity contribution in [3.8, 4) is 23.1 Å². The van der Waals surface area contributed by atoms with Crippen LogP contribution in [0, 0.1) is 18.2 Å². The number of anilines is 1. The summed E-state index contributed by atoms with van der Waals surface area (Å²) in [6.45, 7) is 5.62. The molecule has 14 heteroatoms. The average Bonchev–Trinajstić information content (AvgIpc) is 3.77. The van der Waals surface area contributed by atoms with Gasteiger partial charge in [0.2, 0.25) is 5.88 Å². The Morgan fingerprint density at radius 3 is 2.66 bits per heavy atom. The summed E-state index contributed by atoms with van der Waals surface area (Å²) in [6.07, 6.45) is 11.3. The van der Waals surface area contributed by atoms with E-state index in [0.29, 0.717) is 65.8 Å². The molecule has 4 heterocycles. The van der Waals surface area contributed by atoms with Gasteiger partial charge in [-0.25, -0.2) is 9.37 Å². The van der Waals surface area contributed by atoms with Gasteiger partial charge in [-0.2, -0.15) is 15.1 Å². The molecule has 7 rings (SSSR count). The maximum atomic E-state index is 17.0. The van der Waals surface area contributed by atoms with Crippen molar-refractivity contribution < 1.29 is 28.1 Å². The normalized spacial score (nSPS) is 23.3. The van der Waals surface area contributed by atoms with Crippen LogP contribution in [0.3, 0.4) is 0 Å². The van der Waals surface area contributed by atoms with E-state index in [1.165, 1.54) is 7.11 Å². The fraction of sp³-hybridized carbons (Fsp3) is 0.611. The van der Waals surface area contributed by atoms with Gasteiger partial charge in [0, 0.05) is 42.1 Å². The summed E-state index contributed by atoms with van der Waals surface area (Å²) >= 11 is 6.83. The number of halogens is 3. The molecule has 0 amide bonds. The number of aliphatic hydroxyl groups excluding tert-OH is 1. The van der Waals surface area contributed by atoms with Crippen LogP contribution in [-0.2, 0) is 4.74 Å². The van der Waals surface area contributed by atoms with Crippen LogP contribution in [0.25, 0.3) is 33.1 Å². The molecule has 0 bridgehead atoms. The van der Waals surface area contributed by atoms with Crippen LogP contribution >= 0.6 is 11.6 Å². The van der Waals surface area contributed by atoms with Gasteiger partial charge in [-0.05, 0) is 70.0 Å². The molecule has 2 N–H and O–H groups in total. The molecule has 2 unspecified atom stereocenters. The number of hydrogen-bond donors (Lipinski definition) is 2. The minimum atomic E-state index is -0.680. The van der Waals surface area contributed by atoms with E-state index in [9.17, 15) is 9.50 Å². The Kier molecular flexibility index (Phi) is 11.3. The molecule has 272 valence electrons. The fourth-order valence-electron chi connectivity index (χ4n) is 8.32. The molecular formula is C36H48ClF2N7O4. The fourth-order valence-corrected chi connectivity index (χ4v) is 8.57. The Labute approximate surface area is 296 Å². The number of benzene rings is 1. The number of fused-ring (bicyclic) bond motifs is 3. The number of pyridine rings is 1. The lowest BCUT2D eigenvalue weighted by molar-refractivity contribution is -0.0845. The number of alkyl halides is 1. The standard InChI is InChI=1S/C35H45ClFN7O4.CH3F/c1-5-6-12-43(19-45)32-27-31(29(37)30(39-33(27)47-4)26-23-17-38-42-24(23)14-20(2)28(26)36)40-34(41-32)48-18-35-10-7-9-25(35)44(13-8-11-35)21-15-22(16-21)46-3;1-2/h14,17,21-22,25,45H,5-13,15-16,18-19H2,1-4H3,(H,38,42);1H3. The number of aromatic amines is 1. The van der Waals surface area contributed by atoms with E-state index in [4.69, 9.17) is 35.8 Å². The summed E-state index contributed by atoms with van der Waals surface area (Å²) in [5.74, 6) is -0.240. The highest BCUT2D eigenvalue weighted by molar-refractivity contribution is 6.35. The maximum absolute atomic E-state index is 17.0. The van der Waals surface area contributed by atoms with E-state index in [1.54, 1.807) is 18.2 Å². The third-order valence-electron chi connectivity index (χ3n) is 11.0. The number of likely N-dealkylation sites (tertiary alicyclic amines) is 1. The first-order valence-corrected chi connectivity index (χ1v) is 17.9. The van der Waals surface area contributed by atoms with Gasteiger partial charge < -0.3 is 24.2 Å². The zero-order valence-electron chi connectivity index (χ0n) is 29.6. The number of rotatable bonds is 12. The quantitative estimate of drug-likeness (QED) is 0.148. The lowest BCUT2D eigenvalue weighted by atomic mass is 9.73. The van der Waals surface area contributed by atoms with Crippen molar-refractivity contribution >= 4 is 39.2 Å². The third kappa shape index (κ3) is 6.46. The average molecular weight is 716 g/mol. The number of H-pyrrole nitrogens is 1. The molecule has 4 aromatic rings. The molecule has 3 aliphatic rings. The van der Waals surface area contributed by atoms with E-state index >= 15 is 4.39 Å². The number of piperidine rings is 1. The zero-order chi connectivity index (χ0) is 35.6. The van der Waals surface area contributed by atoms with Crippen molar-refractivity contribution in [1.29, 1.82) is 0 Å². The molecule has 1 saturated heterocycles. The molecule has 2 saturated carbocycles. The molecule has 1 aromatic carbocycles. The smallest absolute Gasteiger partial charge is 0.319 e. The Morgan fingerprint density at radius 2 is 1.94 bits per heavy atom. The largest absolute Gasteiger partial charge is 0.480 e. The Hall–Kier alpha value is -3.39. The zero-order valence-corrected chi connectivity index (χ0v) is 30.3. The second-order valence-electron chi connectivity index (χ2n) is 13.7. The lowest BCUT2D eigenvalue weighted by Gasteiger charge is -2.53. The predicted octanol–water partition coefficient (Wildman–Crippen LogP) is 7.01. The Balaban J connectivity index is 0.00000212. The van der Waals surface area contributed by atoms with Crippen LogP contribution < -0.4 is 14.4 Å². The Bertz CT molecular complexity index is 1810.